The van der Waals surface area contributed by atoms with Gasteiger partial charge in [-0.25, -0.2) is 4.79 Å². The van der Waals surface area contributed by atoms with Crippen molar-refractivity contribution in [2.75, 3.05) is 13.2 Å². The molecular formula is C17H32N2O3. The molecule has 1 heterocycles. The summed E-state index contributed by atoms with van der Waals surface area (Å²) in [7, 11) is 0. The first-order chi connectivity index (χ1) is 10.5. The smallest absolute Gasteiger partial charge is 0.318 e. The maximum Gasteiger partial charge on any atom is 0.318 e. The van der Waals surface area contributed by atoms with Crippen molar-refractivity contribution >= 4 is 6.03 Å². The standard InChI is InChI=1S/C17H32N2O3/c1-4-17(12-20)10-5-11-19(17)16(21)18-14-6-8-15(9-7-14)22-13(2)3/h13-15,20H,4-12H2,1-3H3,(H,18,21). The highest BCUT2D eigenvalue weighted by atomic mass is 16.5. The Labute approximate surface area is 134 Å². The summed E-state index contributed by atoms with van der Waals surface area (Å²) in [5, 5.41) is 12.9. The first-order valence-electron chi connectivity index (χ1n) is 8.85. The Morgan fingerprint density at radius 3 is 2.59 bits per heavy atom. The zero-order valence-corrected chi connectivity index (χ0v) is 14.3. The second-order valence-corrected chi connectivity index (χ2v) is 7.10. The molecule has 0 spiro atoms. The Morgan fingerprint density at radius 2 is 2.05 bits per heavy atom. The molecule has 2 fully saturated rings. The zero-order chi connectivity index (χ0) is 16.2. The van der Waals surface area contributed by atoms with Crippen molar-refractivity contribution in [3.8, 4) is 0 Å². The molecule has 128 valence electrons. The highest BCUT2D eigenvalue weighted by Gasteiger charge is 2.42. The van der Waals surface area contributed by atoms with Crippen LogP contribution in [0.15, 0.2) is 0 Å². The second kappa shape index (κ2) is 7.64. The number of hydrogen-bond acceptors (Lipinski definition) is 3. The number of carbonyl (C=O) groups excluding carboxylic acids is 1. The van der Waals surface area contributed by atoms with Crippen LogP contribution < -0.4 is 5.32 Å². The second-order valence-electron chi connectivity index (χ2n) is 7.10. The number of nitrogens with one attached hydrogen (secondary N) is 1. The van der Waals surface area contributed by atoms with Crippen molar-refractivity contribution in [1.82, 2.24) is 10.2 Å². The molecule has 2 N–H and O–H groups in total. The lowest BCUT2D eigenvalue weighted by Gasteiger charge is -2.38. The Kier molecular flexibility index (Phi) is 6.09. The summed E-state index contributed by atoms with van der Waals surface area (Å²) in [6, 6.07) is 0.245. The minimum Gasteiger partial charge on any atom is -0.394 e. The van der Waals surface area contributed by atoms with E-state index in [2.05, 4.69) is 26.1 Å². The highest BCUT2D eigenvalue weighted by Crippen LogP contribution is 2.32. The van der Waals surface area contributed by atoms with Gasteiger partial charge in [-0.2, -0.15) is 0 Å². The molecule has 0 bridgehead atoms. The summed E-state index contributed by atoms with van der Waals surface area (Å²) < 4.78 is 5.86. The third kappa shape index (κ3) is 3.93. The van der Waals surface area contributed by atoms with Gasteiger partial charge < -0.3 is 20.1 Å². The van der Waals surface area contributed by atoms with Crippen LogP contribution in [-0.4, -0.2) is 53.0 Å². The van der Waals surface area contributed by atoms with Crippen LogP contribution in [0.25, 0.3) is 0 Å². The number of rotatable bonds is 5. The van der Waals surface area contributed by atoms with Crippen LogP contribution in [0.2, 0.25) is 0 Å². The molecule has 5 nitrogen and oxygen atoms in total. The van der Waals surface area contributed by atoms with Gasteiger partial charge in [-0.15, -0.1) is 0 Å². The van der Waals surface area contributed by atoms with Gasteiger partial charge in [-0.3, -0.25) is 0 Å². The van der Waals surface area contributed by atoms with Crippen LogP contribution in [-0.2, 0) is 4.74 Å². The summed E-state index contributed by atoms with van der Waals surface area (Å²) in [6.45, 7) is 7.01. The maximum absolute atomic E-state index is 12.6. The van der Waals surface area contributed by atoms with Crippen LogP contribution in [0.4, 0.5) is 4.79 Å². The zero-order valence-electron chi connectivity index (χ0n) is 14.3. The first-order valence-corrected chi connectivity index (χ1v) is 8.85. The normalized spacial score (nSPS) is 32.5. The van der Waals surface area contributed by atoms with Crippen molar-refractivity contribution in [3.63, 3.8) is 0 Å². The lowest BCUT2D eigenvalue weighted by atomic mass is 9.92. The van der Waals surface area contributed by atoms with Crippen LogP contribution in [0, 0.1) is 0 Å². The molecule has 1 atom stereocenters. The average Bonchev–Trinajstić information content (AvgIpc) is 2.93. The molecule has 5 heteroatoms. The number of likely N-dealkylation sites (tertiary alicyclic amines) is 1. The van der Waals surface area contributed by atoms with Crippen molar-refractivity contribution in [2.45, 2.75) is 89.5 Å². The van der Waals surface area contributed by atoms with E-state index in [0.29, 0.717) is 6.10 Å². The molecule has 1 aliphatic carbocycles. The van der Waals surface area contributed by atoms with Gasteiger partial charge in [0, 0.05) is 12.6 Å². The maximum atomic E-state index is 12.6. The fourth-order valence-corrected chi connectivity index (χ4v) is 3.88. The van der Waals surface area contributed by atoms with Gasteiger partial charge in [-0.05, 0) is 58.8 Å². The summed E-state index contributed by atoms with van der Waals surface area (Å²) in [4.78, 5) is 14.4. The topological polar surface area (TPSA) is 61.8 Å². The predicted octanol–water partition coefficient (Wildman–Crippen LogP) is 2.67. The van der Waals surface area contributed by atoms with E-state index in [1.807, 2.05) is 4.90 Å². The Balaban J connectivity index is 1.83. The molecule has 0 aromatic heterocycles. The van der Waals surface area contributed by atoms with Gasteiger partial charge in [0.05, 0.1) is 24.4 Å². The molecule has 0 radical (unpaired) electrons. The highest BCUT2D eigenvalue weighted by molar-refractivity contribution is 5.76. The monoisotopic (exact) mass is 312 g/mol. The van der Waals surface area contributed by atoms with Gasteiger partial charge >= 0.3 is 6.03 Å². The number of carbonyl (C=O) groups is 1. The van der Waals surface area contributed by atoms with E-state index in [-0.39, 0.29) is 30.3 Å². The van der Waals surface area contributed by atoms with E-state index in [4.69, 9.17) is 4.74 Å². The van der Waals surface area contributed by atoms with Crippen LogP contribution in [0.5, 0.6) is 0 Å². The van der Waals surface area contributed by atoms with Gasteiger partial charge in [-0.1, -0.05) is 6.92 Å². The molecule has 0 aromatic rings. The number of aliphatic hydroxyl groups is 1. The lowest BCUT2D eigenvalue weighted by Crippen LogP contribution is -2.55. The predicted molar refractivity (Wildman–Crippen MR) is 86.8 cm³/mol. The first kappa shape index (κ1) is 17.5. The third-order valence-electron chi connectivity index (χ3n) is 5.26. The Hall–Kier alpha value is -0.810. The minimum absolute atomic E-state index is 0.00151. The fraction of sp³-hybridized carbons (Fsp3) is 0.941. The van der Waals surface area contributed by atoms with E-state index in [9.17, 15) is 9.90 Å². The number of aliphatic hydroxyl groups excluding tert-OH is 1. The number of hydrogen-bond donors (Lipinski definition) is 2. The molecule has 0 aromatic carbocycles. The van der Waals surface area contributed by atoms with Gasteiger partial charge in [0.15, 0.2) is 0 Å². The number of ether oxygens (including phenoxy) is 1. The summed E-state index contributed by atoms with van der Waals surface area (Å²) in [5.74, 6) is 0. The molecule has 2 aliphatic rings. The molecule has 2 amide bonds. The molecule has 1 saturated carbocycles. The van der Waals surface area contributed by atoms with Gasteiger partial charge in [0.25, 0.3) is 0 Å². The molecule has 1 saturated heterocycles. The summed E-state index contributed by atoms with van der Waals surface area (Å²) in [6.07, 6.45) is 7.31. The fourth-order valence-electron chi connectivity index (χ4n) is 3.88. The molecule has 22 heavy (non-hydrogen) atoms. The van der Waals surface area contributed by atoms with E-state index in [1.165, 1.54) is 0 Å². The largest absolute Gasteiger partial charge is 0.394 e. The SMILES string of the molecule is CCC1(CO)CCCN1C(=O)NC1CCC(OC(C)C)CC1. The average molecular weight is 312 g/mol. The number of nitrogens with zero attached hydrogens (tertiary/aromatic N) is 1. The molecule has 1 aliphatic heterocycles. The number of urea groups is 1. The third-order valence-corrected chi connectivity index (χ3v) is 5.26. The van der Waals surface area contributed by atoms with E-state index >= 15 is 0 Å². The number of amides is 2. The Morgan fingerprint density at radius 1 is 1.36 bits per heavy atom. The van der Waals surface area contributed by atoms with Crippen LogP contribution in [0.1, 0.15) is 65.7 Å². The quantitative estimate of drug-likeness (QED) is 0.820. The lowest BCUT2D eigenvalue weighted by molar-refractivity contribution is -0.0161. The van der Waals surface area contributed by atoms with E-state index in [1.54, 1.807) is 0 Å². The minimum atomic E-state index is -0.345. The molecule has 1 unspecified atom stereocenters. The molecular weight excluding hydrogens is 280 g/mol. The Bertz CT molecular complexity index is 361. The van der Waals surface area contributed by atoms with Crippen molar-refractivity contribution in [2.24, 2.45) is 0 Å². The van der Waals surface area contributed by atoms with Gasteiger partial charge in [0.2, 0.25) is 0 Å². The summed E-state index contributed by atoms with van der Waals surface area (Å²) in [5.41, 5.74) is -0.345. The van der Waals surface area contributed by atoms with Crippen molar-refractivity contribution in [1.29, 1.82) is 0 Å². The van der Waals surface area contributed by atoms with Crippen molar-refractivity contribution in [3.05, 3.63) is 0 Å². The van der Waals surface area contributed by atoms with Crippen molar-refractivity contribution < 1.29 is 14.6 Å². The summed E-state index contributed by atoms with van der Waals surface area (Å²) >= 11 is 0. The van der Waals surface area contributed by atoms with Crippen LogP contribution in [0.3, 0.4) is 0 Å². The van der Waals surface area contributed by atoms with E-state index in [0.717, 1.165) is 51.5 Å². The molecule has 2 rings (SSSR count). The van der Waals surface area contributed by atoms with Gasteiger partial charge in [0.1, 0.15) is 0 Å². The van der Waals surface area contributed by atoms with Crippen LogP contribution >= 0.6 is 0 Å². The van der Waals surface area contributed by atoms with E-state index < -0.39 is 0 Å².